The minimum absolute atomic E-state index is 0.118. The Balaban J connectivity index is 1.95. The maximum atomic E-state index is 15.2. The molecule has 0 bridgehead atoms. The Morgan fingerprint density at radius 3 is 2.55 bits per heavy atom. The summed E-state index contributed by atoms with van der Waals surface area (Å²) in [6.45, 7) is 6.98. The summed E-state index contributed by atoms with van der Waals surface area (Å²) in [6.07, 6.45) is -0.118. The number of para-hydroxylation sites is 1. The van der Waals surface area contributed by atoms with Crippen molar-refractivity contribution in [2.45, 2.75) is 39.8 Å². The maximum absolute atomic E-state index is 15.2. The van der Waals surface area contributed by atoms with Gasteiger partial charge in [0.25, 0.3) is 0 Å². The number of carboxylic acid groups (broad SMARTS) is 1. The lowest BCUT2D eigenvalue weighted by Gasteiger charge is -2.16. The monoisotopic (exact) mass is 450 g/mol. The molecule has 5 nitrogen and oxygen atoms in total. The average molecular weight is 451 g/mol. The molecule has 0 aromatic heterocycles. The predicted molar refractivity (Wildman–Crippen MR) is 130 cm³/mol. The summed E-state index contributed by atoms with van der Waals surface area (Å²) in [5.41, 5.74) is 9.93. The molecule has 0 fully saturated rings. The Hall–Kier alpha value is -3.38. The van der Waals surface area contributed by atoms with Crippen LogP contribution in [0.25, 0.3) is 11.1 Å². The van der Waals surface area contributed by atoms with Gasteiger partial charge in [0.15, 0.2) is 0 Å². The second kappa shape index (κ2) is 11.0. The van der Waals surface area contributed by atoms with Crippen LogP contribution in [0.3, 0.4) is 0 Å². The van der Waals surface area contributed by atoms with Crippen molar-refractivity contribution < 1.29 is 19.0 Å². The van der Waals surface area contributed by atoms with E-state index in [1.165, 1.54) is 0 Å². The Morgan fingerprint density at radius 1 is 1.09 bits per heavy atom. The molecule has 0 saturated heterocycles. The summed E-state index contributed by atoms with van der Waals surface area (Å²) >= 11 is 0. The summed E-state index contributed by atoms with van der Waals surface area (Å²) in [4.78, 5) is 11.2. The normalized spacial score (nSPS) is 11.9. The number of nitrogens with one attached hydrogen (secondary N) is 1. The third-order valence-electron chi connectivity index (χ3n) is 5.25. The summed E-state index contributed by atoms with van der Waals surface area (Å²) < 4.78 is 21.2. The third-order valence-corrected chi connectivity index (χ3v) is 5.25. The van der Waals surface area contributed by atoms with Gasteiger partial charge >= 0.3 is 5.97 Å². The molecule has 0 radical (unpaired) electrons. The fourth-order valence-electron chi connectivity index (χ4n) is 3.59. The summed E-state index contributed by atoms with van der Waals surface area (Å²) in [6, 6.07) is 17.7. The van der Waals surface area contributed by atoms with Gasteiger partial charge in [0.05, 0.1) is 6.42 Å². The molecule has 6 heteroatoms. The number of nitrogens with two attached hydrogens (primary N) is 1. The molecular weight excluding hydrogens is 419 g/mol. The van der Waals surface area contributed by atoms with E-state index in [2.05, 4.69) is 19.2 Å². The number of aliphatic carboxylic acids is 1. The second-order valence-electron chi connectivity index (χ2n) is 8.66. The van der Waals surface area contributed by atoms with Crippen LogP contribution in [0.2, 0.25) is 0 Å². The minimum Gasteiger partial charge on any atom is -0.489 e. The molecule has 33 heavy (non-hydrogen) atoms. The highest BCUT2D eigenvalue weighted by Crippen LogP contribution is 2.31. The molecule has 0 aliphatic heterocycles. The fourth-order valence-corrected chi connectivity index (χ4v) is 3.59. The Morgan fingerprint density at radius 2 is 1.85 bits per heavy atom. The van der Waals surface area contributed by atoms with Crippen molar-refractivity contribution in [3.8, 4) is 16.9 Å². The van der Waals surface area contributed by atoms with Crippen LogP contribution in [0.4, 0.5) is 10.1 Å². The molecule has 0 amide bonds. The lowest BCUT2D eigenvalue weighted by molar-refractivity contribution is -0.136. The van der Waals surface area contributed by atoms with Crippen molar-refractivity contribution in [3.63, 3.8) is 0 Å². The largest absolute Gasteiger partial charge is 0.489 e. The number of carboxylic acids is 1. The van der Waals surface area contributed by atoms with Gasteiger partial charge in [-0.3, -0.25) is 4.79 Å². The molecule has 0 saturated carbocycles. The van der Waals surface area contributed by atoms with Gasteiger partial charge < -0.3 is 20.9 Å². The van der Waals surface area contributed by atoms with E-state index >= 15 is 4.39 Å². The number of benzene rings is 3. The van der Waals surface area contributed by atoms with Crippen LogP contribution in [-0.2, 0) is 17.8 Å². The quantitative estimate of drug-likeness (QED) is 0.364. The second-order valence-corrected chi connectivity index (χ2v) is 8.66. The number of rotatable bonds is 10. The molecule has 3 aromatic rings. The van der Waals surface area contributed by atoms with Gasteiger partial charge in [-0.05, 0) is 48.2 Å². The number of carbonyl (C=O) groups is 1. The smallest absolute Gasteiger partial charge is 0.307 e. The molecule has 0 spiro atoms. The van der Waals surface area contributed by atoms with E-state index in [9.17, 15) is 4.79 Å². The van der Waals surface area contributed by atoms with E-state index in [0.717, 1.165) is 23.4 Å². The third kappa shape index (κ3) is 6.56. The highest BCUT2D eigenvalue weighted by Gasteiger charge is 2.15. The number of hydrogen-bond acceptors (Lipinski definition) is 4. The highest BCUT2D eigenvalue weighted by atomic mass is 19.1. The van der Waals surface area contributed by atoms with E-state index in [1.807, 2.05) is 30.3 Å². The van der Waals surface area contributed by atoms with Gasteiger partial charge in [0.2, 0.25) is 0 Å². The molecular formula is C27H31FN2O3. The highest BCUT2D eigenvalue weighted by molar-refractivity contribution is 5.72. The van der Waals surface area contributed by atoms with Gasteiger partial charge in [-0.2, -0.15) is 0 Å². The molecule has 174 valence electrons. The van der Waals surface area contributed by atoms with Gasteiger partial charge in [-0.15, -0.1) is 0 Å². The standard InChI is InChI=1S/C27H31FN2O3/c1-17(2)15-30-22-12-19(16-33-25-10-5-4-7-20(25)14-26(31)32)11-21(13-22)24-9-6-8-23(18(3)29)27(24)28/h4-13,17-18,30H,14-16,29H2,1-3H3,(H,31,32). The zero-order valence-corrected chi connectivity index (χ0v) is 19.3. The summed E-state index contributed by atoms with van der Waals surface area (Å²) in [5, 5.41) is 12.6. The molecule has 1 atom stereocenters. The molecule has 4 N–H and O–H groups in total. The van der Waals surface area contributed by atoms with Crippen molar-refractivity contribution in [1.82, 2.24) is 0 Å². The predicted octanol–water partition coefficient (Wildman–Crippen LogP) is 5.79. The van der Waals surface area contributed by atoms with Crippen LogP contribution >= 0.6 is 0 Å². The van der Waals surface area contributed by atoms with Crippen LogP contribution in [0.1, 0.15) is 43.5 Å². The summed E-state index contributed by atoms with van der Waals surface area (Å²) in [5.74, 6) is -0.286. The summed E-state index contributed by atoms with van der Waals surface area (Å²) in [7, 11) is 0. The lowest BCUT2D eigenvalue weighted by Crippen LogP contribution is -2.10. The first kappa shape index (κ1) is 24.3. The molecule has 0 aliphatic carbocycles. The molecule has 3 aromatic carbocycles. The van der Waals surface area contributed by atoms with Crippen LogP contribution in [-0.4, -0.2) is 17.6 Å². The zero-order chi connectivity index (χ0) is 24.0. The van der Waals surface area contributed by atoms with Gasteiger partial charge in [-0.1, -0.05) is 50.2 Å². The maximum Gasteiger partial charge on any atom is 0.307 e. The number of ether oxygens (including phenoxy) is 1. The van der Waals surface area contributed by atoms with Crippen LogP contribution in [0, 0.1) is 11.7 Å². The Kier molecular flexibility index (Phi) is 8.06. The number of hydrogen-bond donors (Lipinski definition) is 3. The molecule has 0 aliphatic rings. The van der Waals surface area contributed by atoms with E-state index in [1.54, 1.807) is 37.3 Å². The Labute approximate surface area is 194 Å². The van der Waals surface area contributed by atoms with Gasteiger partial charge in [0, 0.05) is 35.0 Å². The van der Waals surface area contributed by atoms with Gasteiger partial charge in [-0.25, -0.2) is 4.39 Å². The van der Waals surface area contributed by atoms with E-state index in [0.29, 0.717) is 28.4 Å². The first-order chi connectivity index (χ1) is 15.7. The van der Waals surface area contributed by atoms with Crippen molar-refractivity contribution in [1.29, 1.82) is 0 Å². The molecule has 3 rings (SSSR count). The van der Waals surface area contributed by atoms with Gasteiger partial charge in [0.1, 0.15) is 18.2 Å². The SMILES string of the molecule is CC(C)CNc1cc(COc2ccccc2CC(=O)O)cc(-c2cccc(C(C)N)c2F)c1. The van der Waals surface area contributed by atoms with E-state index in [4.69, 9.17) is 15.6 Å². The average Bonchev–Trinajstić information content (AvgIpc) is 2.76. The number of halogens is 1. The first-order valence-corrected chi connectivity index (χ1v) is 11.1. The van der Waals surface area contributed by atoms with Crippen molar-refractivity contribution >= 4 is 11.7 Å². The van der Waals surface area contributed by atoms with Crippen LogP contribution in [0.5, 0.6) is 5.75 Å². The van der Waals surface area contributed by atoms with Crippen LogP contribution < -0.4 is 15.8 Å². The lowest BCUT2D eigenvalue weighted by atomic mass is 9.97. The zero-order valence-electron chi connectivity index (χ0n) is 19.3. The number of anilines is 1. The molecule has 1 unspecified atom stereocenters. The molecule has 0 heterocycles. The van der Waals surface area contributed by atoms with E-state index < -0.39 is 12.0 Å². The first-order valence-electron chi connectivity index (χ1n) is 11.1. The minimum atomic E-state index is -0.919. The van der Waals surface area contributed by atoms with Crippen molar-refractivity contribution in [3.05, 3.63) is 83.2 Å². The van der Waals surface area contributed by atoms with Crippen LogP contribution in [0.15, 0.2) is 60.7 Å². The topological polar surface area (TPSA) is 84.6 Å². The van der Waals surface area contributed by atoms with E-state index in [-0.39, 0.29) is 18.8 Å². The Bertz CT molecular complexity index is 1110. The fraction of sp³-hybridized carbons (Fsp3) is 0.296. The van der Waals surface area contributed by atoms with Crippen molar-refractivity contribution in [2.24, 2.45) is 11.7 Å². The van der Waals surface area contributed by atoms with Crippen molar-refractivity contribution in [2.75, 3.05) is 11.9 Å².